The van der Waals surface area contributed by atoms with Gasteiger partial charge in [0, 0.05) is 37.0 Å². The molecule has 0 aliphatic rings. The van der Waals surface area contributed by atoms with E-state index >= 15 is 0 Å². The van der Waals surface area contributed by atoms with Gasteiger partial charge in [-0.1, -0.05) is 37.3 Å². The molecule has 0 fully saturated rings. The molecule has 0 spiro atoms. The molecule has 36 heavy (non-hydrogen) atoms. The van der Waals surface area contributed by atoms with Crippen LogP contribution in [0.4, 0.5) is 4.39 Å². The molecule has 5 aromatic rings. The molecule has 1 atom stereocenters. The van der Waals surface area contributed by atoms with Gasteiger partial charge in [0.15, 0.2) is 0 Å². The number of aliphatic hydroxyl groups excluding tert-OH is 1. The van der Waals surface area contributed by atoms with Gasteiger partial charge in [-0.15, -0.1) is 0 Å². The maximum atomic E-state index is 13.7. The predicted molar refractivity (Wildman–Crippen MR) is 139 cm³/mol. The Kier molecular flexibility index (Phi) is 6.84. The molecule has 1 N–H and O–H groups in total. The van der Waals surface area contributed by atoms with Crippen molar-refractivity contribution in [2.45, 2.75) is 19.4 Å². The van der Waals surface area contributed by atoms with Gasteiger partial charge in [0.1, 0.15) is 17.3 Å². The van der Waals surface area contributed by atoms with E-state index in [0.29, 0.717) is 13.1 Å². The highest BCUT2D eigenvalue weighted by Crippen LogP contribution is 2.33. The molecule has 0 unspecified atom stereocenters. The summed E-state index contributed by atoms with van der Waals surface area (Å²) in [5, 5.41) is 9.24. The van der Waals surface area contributed by atoms with E-state index in [2.05, 4.69) is 35.0 Å². The SMILES string of the molecule is C[C@@H](c1ccccc1)c1nccc(-c2c(-c3ccc(F)cc3)nc3cc(CN(C)CCO)ccn23)n1. The molecule has 7 heteroatoms. The number of hydrogen-bond donors (Lipinski definition) is 1. The number of pyridine rings is 1. The van der Waals surface area contributed by atoms with Crippen LogP contribution >= 0.6 is 0 Å². The summed E-state index contributed by atoms with van der Waals surface area (Å²) >= 11 is 0. The number of halogens is 1. The van der Waals surface area contributed by atoms with E-state index < -0.39 is 0 Å². The van der Waals surface area contributed by atoms with Gasteiger partial charge in [-0.2, -0.15) is 0 Å². The van der Waals surface area contributed by atoms with E-state index in [9.17, 15) is 9.50 Å². The van der Waals surface area contributed by atoms with Gasteiger partial charge in [-0.25, -0.2) is 19.3 Å². The van der Waals surface area contributed by atoms with Gasteiger partial charge in [-0.3, -0.25) is 9.30 Å². The zero-order valence-corrected chi connectivity index (χ0v) is 20.3. The van der Waals surface area contributed by atoms with E-state index in [4.69, 9.17) is 9.97 Å². The number of rotatable bonds is 8. The Morgan fingerprint density at radius 2 is 1.78 bits per heavy atom. The minimum Gasteiger partial charge on any atom is -0.395 e. The standard InChI is InChI=1S/C29H28FN5O/c1-20(22-6-4-3-5-7-22)29-31-14-12-25(32-29)28-27(23-8-10-24(30)11-9-23)33-26-18-21(13-15-35(26)28)19-34(2)16-17-36/h3-15,18,20,36H,16-17,19H2,1-2H3/t20-/m0/s1. The molecule has 0 saturated heterocycles. The van der Waals surface area contributed by atoms with Crippen molar-refractivity contribution in [2.24, 2.45) is 0 Å². The zero-order valence-electron chi connectivity index (χ0n) is 20.3. The minimum atomic E-state index is -0.292. The number of fused-ring (bicyclic) bond motifs is 1. The summed E-state index contributed by atoms with van der Waals surface area (Å²) in [4.78, 5) is 16.5. The largest absolute Gasteiger partial charge is 0.395 e. The van der Waals surface area contributed by atoms with Gasteiger partial charge in [0.25, 0.3) is 0 Å². The van der Waals surface area contributed by atoms with Gasteiger partial charge < -0.3 is 5.11 Å². The van der Waals surface area contributed by atoms with Crippen molar-refractivity contribution in [2.75, 3.05) is 20.2 Å². The van der Waals surface area contributed by atoms with Crippen molar-refractivity contribution in [1.82, 2.24) is 24.3 Å². The molecular weight excluding hydrogens is 453 g/mol. The van der Waals surface area contributed by atoms with Gasteiger partial charge in [-0.05, 0) is 60.6 Å². The minimum absolute atomic E-state index is 0.0215. The Morgan fingerprint density at radius 3 is 2.53 bits per heavy atom. The van der Waals surface area contributed by atoms with Gasteiger partial charge in [0.05, 0.1) is 23.7 Å². The van der Waals surface area contributed by atoms with E-state index in [-0.39, 0.29) is 18.3 Å². The maximum Gasteiger partial charge on any atom is 0.138 e. The van der Waals surface area contributed by atoms with E-state index in [0.717, 1.165) is 45.2 Å². The molecule has 182 valence electrons. The number of aromatic nitrogens is 4. The van der Waals surface area contributed by atoms with Crippen LogP contribution in [0.5, 0.6) is 0 Å². The summed E-state index contributed by atoms with van der Waals surface area (Å²) < 4.78 is 15.7. The monoisotopic (exact) mass is 481 g/mol. The van der Waals surface area contributed by atoms with Crippen molar-refractivity contribution < 1.29 is 9.50 Å². The first-order valence-electron chi connectivity index (χ1n) is 12.0. The van der Waals surface area contributed by atoms with Crippen LogP contribution in [-0.2, 0) is 6.54 Å². The molecule has 6 nitrogen and oxygen atoms in total. The van der Waals surface area contributed by atoms with Crippen molar-refractivity contribution in [3.8, 4) is 22.6 Å². The number of benzene rings is 2. The van der Waals surface area contributed by atoms with Crippen molar-refractivity contribution in [3.63, 3.8) is 0 Å². The molecule has 0 aliphatic heterocycles. The summed E-state index contributed by atoms with van der Waals surface area (Å²) in [6, 6.07) is 22.5. The molecule has 0 aliphatic carbocycles. The molecule has 0 saturated carbocycles. The molecular formula is C29H28FN5O. The summed E-state index contributed by atoms with van der Waals surface area (Å²) in [6.45, 7) is 3.49. The van der Waals surface area contributed by atoms with Crippen molar-refractivity contribution >= 4 is 5.65 Å². The Hall–Kier alpha value is -3.94. The Bertz CT molecular complexity index is 1470. The van der Waals surface area contributed by atoms with Crippen LogP contribution in [-0.4, -0.2) is 49.6 Å². The third-order valence-electron chi connectivity index (χ3n) is 6.35. The highest BCUT2D eigenvalue weighted by molar-refractivity contribution is 5.80. The zero-order chi connectivity index (χ0) is 25.1. The van der Waals surface area contributed by atoms with Crippen LogP contribution in [0.3, 0.4) is 0 Å². The molecule has 0 bridgehead atoms. The highest BCUT2D eigenvalue weighted by Gasteiger charge is 2.20. The predicted octanol–water partition coefficient (Wildman–Crippen LogP) is 5.17. The molecule has 0 amide bonds. The number of hydrogen-bond acceptors (Lipinski definition) is 5. The van der Waals surface area contributed by atoms with E-state index in [1.54, 1.807) is 18.3 Å². The van der Waals surface area contributed by atoms with E-state index in [1.807, 2.05) is 48.0 Å². The Labute approximate surface area is 209 Å². The quantitative estimate of drug-likeness (QED) is 0.331. The summed E-state index contributed by atoms with van der Waals surface area (Å²) in [7, 11) is 1.97. The lowest BCUT2D eigenvalue weighted by Gasteiger charge is -2.15. The smallest absolute Gasteiger partial charge is 0.138 e. The lowest BCUT2D eigenvalue weighted by molar-refractivity contribution is 0.217. The Balaban J connectivity index is 1.63. The second-order valence-electron chi connectivity index (χ2n) is 8.97. The highest BCUT2D eigenvalue weighted by atomic mass is 19.1. The number of imidazole rings is 1. The fraction of sp³-hybridized carbons (Fsp3) is 0.207. The lowest BCUT2D eigenvalue weighted by Crippen LogP contribution is -2.21. The van der Waals surface area contributed by atoms with Crippen molar-refractivity contribution in [3.05, 3.63) is 108 Å². The summed E-state index contributed by atoms with van der Waals surface area (Å²) in [5.41, 5.74) is 6.12. The van der Waals surface area contributed by atoms with Gasteiger partial charge >= 0.3 is 0 Å². The second-order valence-corrected chi connectivity index (χ2v) is 8.97. The maximum absolute atomic E-state index is 13.7. The molecule has 5 rings (SSSR count). The van der Waals surface area contributed by atoms with Crippen LogP contribution in [0.1, 0.15) is 29.8 Å². The lowest BCUT2D eigenvalue weighted by atomic mass is 10.0. The molecule has 2 aromatic carbocycles. The third kappa shape index (κ3) is 4.89. The molecule has 0 radical (unpaired) electrons. The average Bonchev–Trinajstić information content (AvgIpc) is 3.28. The summed E-state index contributed by atoms with van der Waals surface area (Å²) in [6.07, 6.45) is 3.78. The van der Waals surface area contributed by atoms with E-state index in [1.165, 1.54) is 12.1 Å². The number of likely N-dealkylation sites (N-methyl/N-ethyl adjacent to an activating group) is 1. The second kappa shape index (κ2) is 10.4. The van der Waals surface area contributed by atoms with Crippen LogP contribution < -0.4 is 0 Å². The fourth-order valence-corrected chi connectivity index (χ4v) is 4.41. The Morgan fingerprint density at radius 1 is 1.00 bits per heavy atom. The van der Waals surface area contributed by atoms with Crippen LogP contribution in [0.15, 0.2) is 85.2 Å². The van der Waals surface area contributed by atoms with Crippen LogP contribution in [0.25, 0.3) is 28.3 Å². The molecule has 3 heterocycles. The normalized spacial score (nSPS) is 12.4. The number of aliphatic hydroxyl groups is 1. The summed E-state index contributed by atoms with van der Waals surface area (Å²) in [5.74, 6) is 0.452. The first-order chi connectivity index (χ1) is 17.5. The van der Waals surface area contributed by atoms with Crippen LogP contribution in [0, 0.1) is 5.82 Å². The van der Waals surface area contributed by atoms with Gasteiger partial charge in [0.2, 0.25) is 0 Å². The first kappa shape index (κ1) is 23.8. The van der Waals surface area contributed by atoms with Crippen LogP contribution in [0.2, 0.25) is 0 Å². The average molecular weight is 482 g/mol. The topological polar surface area (TPSA) is 66.5 Å². The third-order valence-corrected chi connectivity index (χ3v) is 6.35. The molecule has 3 aromatic heterocycles. The number of nitrogens with zero attached hydrogens (tertiary/aromatic N) is 5. The fourth-order valence-electron chi connectivity index (χ4n) is 4.41. The van der Waals surface area contributed by atoms with Crippen molar-refractivity contribution in [1.29, 1.82) is 0 Å². The first-order valence-corrected chi connectivity index (χ1v) is 12.0.